The lowest BCUT2D eigenvalue weighted by Crippen LogP contribution is -2.00. The quantitative estimate of drug-likeness (QED) is 0.204. The van der Waals surface area contributed by atoms with Gasteiger partial charge in [-0.1, -0.05) is 123 Å². The summed E-state index contributed by atoms with van der Waals surface area (Å²) >= 11 is 5.16. The van der Waals surface area contributed by atoms with E-state index >= 15 is 0 Å². The predicted molar refractivity (Wildman–Crippen MR) is 134 cm³/mol. The first-order valence-electron chi connectivity index (χ1n) is 9.48. The Hall–Kier alpha value is -3.19. The Labute approximate surface area is 212 Å². The van der Waals surface area contributed by atoms with E-state index in [-0.39, 0.29) is 16.4 Å². The normalized spacial score (nSPS) is 15.1. The molecule has 0 aliphatic carbocycles. The summed E-state index contributed by atoms with van der Waals surface area (Å²) in [6, 6.07) is 23.2. The highest BCUT2D eigenvalue weighted by Crippen LogP contribution is 2.99. The second-order valence-electron chi connectivity index (χ2n) is 6.93. The van der Waals surface area contributed by atoms with E-state index in [4.69, 9.17) is 18.0 Å². The van der Waals surface area contributed by atoms with Crippen molar-refractivity contribution in [1.82, 2.24) is 0 Å². The zero-order chi connectivity index (χ0) is 28.6. The predicted octanol–water partition coefficient (Wildman–Crippen LogP) is 11.5. The van der Waals surface area contributed by atoms with E-state index in [1.165, 1.54) is 60.5 Å². The van der Waals surface area contributed by atoms with E-state index in [0.29, 0.717) is 0 Å². The third-order valence-corrected chi connectivity index (χ3v) is 5.10. The molecule has 0 atom stereocenters. The molecule has 0 heterocycles. The molecule has 0 nitrogen and oxygen atoms in total. The molecule has 0 aliphatic heterocycles. The van der Waals surface area contributed by atoms with E-state index < -0.39 is 30.9 Å². The fourth-order valence-electron chi connectivity index (χ4n) is 2.07. The van der Waals surface area contributed by atoms with E-state index in [2.05, 4.69) is 5.92 Å². The van der Waals surface area contributed by atoms with Gasteiger partial charge in [-0.05, 0) is 35.7 Å². The lowest BCUT2D eigenvalue weighted by molar-refractivity contribution is 0.383. The van der Waals surface area contributed by atoms with Gasteiger partial charge in [0, 0.05) is 11.1 Å². The van der Waals surface area contributed by atoms with Gasteiger partial charge in [0.05, 0.1) is 15.7 Å². The van der Waals surface area contributed by atoms with Gasteiger partial charge in [-0.15, -0.1) is 6.42 Å². The number of hydrogen-bond acceptors (Lipinski definition) is 0. The average Bonchev–Trinajstić information content (AvgIpc) is 2.77. The summed E-state index contributed by atoms with van der Waals surface area (Å²) in [6.07, 6.45) is 5.10. The molecule has 0 bridgehead atoms. The monoisotopic (exact) mass is 594 g/mol. The molecule has 0 unspecified atom stereocenters. The van der Waals surface area contributed by atoms with Crippen molar-refractivity contribution >= 4 is 37.1 Å². The Balaban J connectivity index is 0.000000290. The van der Waals surface area contributed by atoms with Crippen molar-refractivity contribution in [3.05, 3.63) is 113 Å². The van der Waals surface area contributed by atoms with Crippen LogP contribution in [0, 0.1) is 23.5 Å². The number of rotatable bonds is 2. The molecule has 0 saturated carbocycles. The van der Waals surface area contributed by atoms with E-state index in [1.807, 2.05) is 30.3 Å². The van der Waals surface area contributed by atoms with Crippen LogP contribution < -0.4 is 0 Å². The Morgan fingerprint density at radius 1 is 0.622 bits per heavy atom. The van der Waals surface area contributed by atoms with E-state index in [0.717, 1.165) is 5.56 Å². The second kappa shape index (κ2) is 9.93. The molecule has 37 heavy (non-hydrogen) atoms. The lowest BCUT2D eigenvalue weighted by atomic mass is 10.2. The zero-order valence-electron chi connectivity index (χ0n) is 18.3. The molecule has 0 amide bonds. The summed E-state index contributed by atoms with van der Waals surface area (Å²) in [5.74, 6) is 3.92. The first-order chi connectivity index (χ1) is 16.5. The molecular weight excluding hydrogens is 578 g/mol. The van der Waals surface area contributed by atoms with Crippen LogP contribution in [0.1, 0.15) is 16.7 Å². The maximum atomic E-state index is 12.0. The summed E-state index contributed by atoms with van der Waals surface area (Å²) in [5, 5.41) is -1.99. The van der Waals surface area contributed by atoms with Crippen molar-refractivity contribution in [3.63, 3.8) is 0 Å². The van der Waals surface area contributed by atoms with Gasteiger partial charge in [-0.3, -0.25) is 0 Å². The van der Waals surface area contributed by atoms with Gasteiger partial charge in [-0.2, -0.15) is 0 Å². The second-order valence-corrected chi connectivity index (χ2v) is 11.8. The first-order valence-corrected chi connectivity index (χ1v) is 13.8. The molecule has 3 rings (SSSR count). The van der Waals surface area contributed by atoms with Gasteiger partial charge in [0.15, 0.2) is 0 Å². The molecule has 13 heteroatoms. The van der Waals surface area contributed by atoms with Crippen LogP contribution in [0.3, 0.4) is 0 Å². The summed E-state index contributed by atoms with van der Waals surface area (Å²) in [4.78, 5) is 0. The van der Waals surface area contributed by atoms with Crippen molar-refractivity contribution in [2.24, 2.45) is 0 Å². The van der Waals surface area contributed by atoms with Crippen molar-refractivity contribution in [2.75, 3.05) is 0 Å². The van der Waals surface area contributed by atoms with Crippen molar-refractivity contribution < 1.29 is 38.9 Å². The maximum absolute atomic E-state index is 12.0. The van der Waals surface area contributed by atoms with Crippen LogP contribution in [0.5, 0.6) is 0 Å². The van der Waals surface area contributed by atoms with Gasteiger partial charge in [0.2, 0.25) is 0 Å². The van der Waals surface area contributed by atoms with Crippen molar-refractivity contribution in [1.29, 1.82) is 0 Å². The van der Waals surface area contributed by atoms with Crippen LogP contribution in [0.2, 0.25) is 0 Å². The molecule has 3 aromatic rings. The topological polar surface area (TPSA) is 0 Å². The number of halogens is 11. The Morgan fingerprint density at radius 3 is 1.32 bits per heavy atom. The van der Waals surface area contributed by atoms with Crippen molar-refractivity contribution in [3.8, 4) is 23.5 Å². The Kier molecular flexibility index (Phi) is 8.55. The van der Waals surface area contributed by atoms with Crippen molar-refractivity contribution in [2.45, 2.75) is 0 Å². The molecular formula is C24H17ClF10S2. The fourth-order valence-corrected chi connectivity index (χ4v) is 3.54. The summed E-state index contributed by atoms with van der Waals surface area (Å²) in [6.45, 7) is 0. The molecule has 0 aromatic heterocycles. The minimum Gasteiger partial charge on any atom is -0.115 e. The van der Waals surface area contributed by atoms with E-state index in [9.17, 15) is 38.9 Å². The molecule has 0 spiro atoms. The number of terminal acetylenes is 1. The third kappa shape index (κ3) is 17.8. The van der Waals surface area contributed by atoms with Gasteiger partial charge >= 0.3 is 20.4 Å². The SMILES string of the molecule is C#Cc1ccccc1.FS(F)(F)(F)(F)/C=C(\Cl)c1ccccc1.FS(F)(F)(F)(F)C#Cc1ccccc1. The van der Waals surface area contributed by atoms with Gasteiger partial charge in [0.1, 0.15) is 0 Å². The Morgan fingerprint density at radius 2 is 1.00 bits per heavy atom. The molecule has 3 aromatic carbocycles. The molecule has 0 N–H and O–H groups in total. The van der Waals surface area contributed by atoms with Gasteiger partial charge in [-0.25, -0.2) is 0 Å². The molecule has 0 radical (unpaired) electrons. The number of benzene rings is 3. The third-order valence-electron chi connectivity index (χ3n) is 3.48. The zero-order valence-corrected chi connectivity index (χ0v) is 20.7. The minimum absolute atomic E-state index is 0.0965. The average molecular weight is 595 g/mol. The summed E-state index contributed by atoms with van der Waals surface area (Å²) < 4.78 is 119. The smallest absolute Gasteiger partial charge is 0.115 e. The summed E-state index contributed by atoms with van der Waals surface area (Å²) in [7, 11) is -19.2. The minimum atomic E-state index is -9.59. The van der Waals surface area contributed by atoms with Crippen LogP contribution >= 0.6 is 32.0 Å². The van der Waals surface area contributed by atoms with Crippen LogP contribution in [-0.2, 0) is 0 Å². The molecule has 0 aliphatic rings. The van der Waals surface area contributed by atoms with Gasteiger partial charge < -0.3 is 0 Å². The van der Waals surface area contributed by atoms with Crippen LogP contribution in [0.4, 0.5) is 38.9 Å². The first kappa shape index (κ1) is 31.8. The van der Waals surface area contributed by atoms with Gasteiger partial charge in [0.25, 0.3) is 0 Å². The lowest BCUT2D eigenvalue weighted by Gasteiger charge is -2.37. The molecule has 202 valence electrons. The largest absolute Gasteiger partial charge is 0.345 e. The molecule has 0 saturated heterocycles. The highest BCUT2D eigenvalue weighted by Gasteiger charge is 2.62. The van der Waals surface area contributed by atoms with Crippen LogP contribution in [-0.4, -0.2) is 0 Å². The number of hydrogen-bond donors (Lipinski definition) is 0. The fraction of sp³-hybridized carbons (Fsp3) is 0. The maximum Gasteiger partial charge on any atom is 0.345 e. The van der Waals surface area contributed by atoms with Crippen LogP contribution in [0.25, 0.3) is 5.03 Å². The highest BCUT2D eigenvalue weighted by molar-refractivity contribution is 8.49. The molecule has 0 fully saturated rings. The van der Waals surface area contributed by atoms with E-state index in [1.54, 1.807) is 6.07 Å². The summed E-state index contributed by atoms with van der Waals surface area (Å²) in [5.41, 5.74) is 0.737. The van der Waals surface area contributed by atoms with Crippen LogP contribution in [0.15, 0.2) is 96.4 Å². The highest BCUT2D eigenvalue weighted by atomic mass is 35.5. The Bertz CT molecular complexity index is 1320. The standard InChI is InChI=1S/C8H6ClF5S.C8H5F5S.C8H6/c9-8(6-15(10,11,12,13)14)7-4-2-1-3-5-7;9-14(10,11,12,13)7-6-8-4-2-1-3-5-8;1-2-8-6-4-3-5-7-8/h1-6H;1-5H;1,3-7H/b8-6-;;.